The predicted molar refractivity (Wildman–Crippen MR) is 94.0 cm³/mol. The fourth-order valence-corrected chi connectivity index (χ4v) is 3.68. The number of carbonyl (C=O) groups is 1. The summed E-state index contributed by atoms with van der Waals surface area (Å²) >= 11 is 11.8. The van der Waals surface area contributed by atoms with Crippen molar-refractivity contribution in [3.63, 3.8) is 0 Å². The van der Waals surface area contributed by atoms with Gasteiger partial charge in [-0.15, -0.1) is 0 Å². The Labute approximate surface area is 161 Å². The van der Waals surface area contributed by atoms with Gasteiger partial charge in [0.05, 0.1) is 5.70 Å². The SMILES string of the molecule is O=C1NCc2cc(C3=CC(c4cc(Cl)cc(Cl)c4)(C(F)(F)F)ON3)ccc21. The van der Waals surface area contributed by atoms with Gasteiger partial charge >= 0.3 is 6.18 Å². The lowest BCUT2D eigenvalue weighted by atomic mass is 9.91. The molecular weight excluding hydrogens is 404 g/mol. The highest BCUT2D eigenvalue weighted by Gasteiger charge is 2.59. The molecule has 9 heteroatoms. The van der Waals surface area contributed by atoms with Crippen molar-refractivity contribution in [1.29, 1.82) is 0 Å². The van der Waals surface area contributed by atoms with E-state index in [2.05, 4.69) is 10.8 Å². The van der Waals surface area contributed by atoms with Crippen molar-refractivity contribution in [2.24, 2.45) is 0 Å². The minimum absolute atomic E-state index is 0.0636. The van der Waals surface area contributed by atoms with Gasteiger partial charge in [-0.25, -0.2) is 0 Å². The Bertz CT molecular complexity index is 971. The molecule has 0 spiro atoms. The van der Waals surface area contributed by atoms with Gasteiger partial charge in [-0.05, 0) is 42.0 Å². The second-order valence-corrected chi connectivity index (χ2v) is 7.08. The van der Waals surface area contributed by atoms with Crippen LogP contribution in [0.1, 0.15) is 27.0 Å². The number of alkyl halides is 3. The van der Waals surface area contributed by atoms with E-state index in [-0.39, 0.29) is 27.2 Å². The van der Waals surface area contributed by atoms with Crippen LogP contribution in [0.2, 0.25) is 10.0 Å². The zero-order valence-electron chi connectivity index (χ0n) is 13.5. The molecule has 2 aliphatic heterocycles. The fourth-order valence-electron chi connectivity index (χ4n) is 3.15. The third-order valence-corrected chi connectivity index (χ3v) is 4.92. The number of hydroxylamine groups is 1. The molecule has 2 aromatic carbocycles. The monoisotopic (exact) mass is 414 g/mol. The molecule has 0 aromatic heterocycles. The first kappa shape index (κ1) is 18.2. The first-order valence-electron chi connectivity index (χ1n) is 7.81. The molecule has 0 saturated heterocycles. The molecule has 0 fully saturated rings. The maximum absolute atomic E-state index is 14.0. The van der Waals surface area contributed by atoms with Crippen molar-refractivity contribution >= 4 is 34.8 Å². The van der Waals surface area contributed by atoms with E-state index in [0.29, 0.717) is 23.2 Å². The maximum Gasteiger partial charge on any atom is 0.428 e. The Morgan fingerprint density at radius 3 is 2.44 bits per heavy atom. The Morgan fingerprint density at radius 2 is 1.78 bits per heavy atom. The van der Waals surface area contributed by atoms with E-state index >= 15 is 0 Å². The molecule has 2 aliphatic rings. The number of rotatable bonds is 2. The van der Waals surface area contributed by atoms with E-state index in [1.54, 1.807) is 18.2 Å². The molecule has 1 atom stereocenters. The largest absolute Gasteiger partial charge is 0.428 e. The first-order valence-corrected chi connectivity index (χ1v) is 8.57. The van der Waals surface area contributed by atoms with Crippen LogP contribution in [0.3, 0.4) is 0 Å². The van der Waals surface area contributed by atoms with Gasteiger partial charge in [0.2, 0.25) is 5.60 Å². The van der Waals surface area contributed by atoms with E-state index in [4.69, 9.17) is 28.0 Å². The van der Waals surface area contributed by atoms with Crippen molar-refractivity contribution in [2.45, 2.75) is 18.3 Å². The highest BCUT2D eigenvalue weighted by atomic mass is 35.5. The molecule has 0 radical (unpaired) electrons. The summed E-state index contributed by atoms with van der Waals surface area (Å²) < 4.78 is 41.9. The summed E-state index contributed by atoms with van der Waals surface area (Å²) in [5.74, 6) is -0.209. The number of fused-ring (bicyclic) bond motifs is 1. The molecule has 1 amide bonds. The topological polar surface area (TPSA) is 50.4 Å². The predicted octanol–water partition coefficient (Wildman–Crippen LogP) is 4.57. The smallest absolute Gasteiger partial charge is 0.348 e. The van der Waals surface area contributed by atoms with E-state index in [1.807, 2.05) is 0 Å². The van der Waals surface area contributed by atoms with E-state index in [1.165, 1.54) is 6.07 Å². The molecule has 2 heterocycles. The molecule has 140 valence electrons. The van der Waals surface area contributed by atoms with Crippen LogP contribution in [0, 0.1) is 0 Å². The van der Waals surface area contributed by atoms with Crippen molar-refractivity contribution in [3.05, 3.63) is 74.8 Å². The number of halogens is 5. The van der Waals surface area contributed by atoms with Gasteiger partial charge in [-0.3, -0.25) is 15.1 Å². The molecule has 1 unspecified atom stereocenters. The lowest BCUT2D eigenvalue weighted by Gasteiger charge is -2.28. The van der Waals surface area contributed by atoms with Gasteiger partial charge in [0.15, 0.2) is 0 Å². The number of benzene rings is 2. The second kappa shape index (κ2) is 6.15. The van der Waals surface area contributed by atoms with E-state index in [0.717, 1.165) is 18.2 Å². The van der Waals surface area contributed by atoms with Gasteiger partial charge in [0.25, 0.3) is 5.91 Å². The van der Waals surface area contributed by atoms with E-state index < -0.39 is 11.8 Å². The molecule has 0 bridgehead atoms. The van der Waals surface area contributed by atoms with E-state index in [9.17, 15) is 18.0 Å². The highest BCUT2D eigenvalue weighted by Crippen LogP contribution is 2.48. The summed E-state index contributed by atoms with van der Waals surface area (Å²) in [5, 5.41) is 2.79. The van der Waals surface area contributed by atoms with Crippen LogP contribution in [-0.4, -0.2) is 12.1 Å². The highest BCUT2D eigenvalue weighted by molar-refractivity contribution is 6.34. The molecular formula is C18H11Cl2F3N2O2. The molecule has 27 heavy (non-hydrogen) atoms. The average molecular weight is 415 g/mol. The summed E-state index contributed by atoms with van der Waals surface area (Å²) in [7, 11) is 0. The third-order valence-electron chi connectivity index (χ3n) is 4.48. The minimum atomic E-state index is -4.77. The molecule has 0 saturated carbocycles. The molecule has 2 N–H and O–H groups in total. The Balaban J connectivity index is 1.82. The van der Waals surface area contributed by atoms with Gasteiger partial charge in [0.1, 0.15) is 0 Å². The van der Waals surface area contributed by atoms with Crippen LogP contribution in [-0.2, 0) is 17.0 Å². The standard InChI is InChI=1S/C18H11Cl2F3N2O2/c19-12-4-11(5-13(20)6-12)17(18(21,22)23)7-15(25-27-17)9-1-2-14-10(3-9)8-24-16(14)26/h1-7,25H,8H2,(H,24,26). The fraction of sp³-hybridized carbons (Fsp3) is 0.167. The number of hydrogen-bond donors (Lipinski definition) is 2. The summed E-state index contributed by atoms with van der Waals surface area (Å²) in [6.07, 6.45) is -3.83. The number of amides is 1. The first-order chi connectivity index (χ1) is 12.7. The van der Waals surface area contributed by atoms with Crippen LogP contribution in [0.15, 0.2) is 42.5 Å². The molecule has 2 aromatic rings. The third kappa shape index (κ3) is 2.96. The lowest BCUT2D eigenvalue weighted by molar-refractivity contribution is -0.269. The zero-order chi connectivity index (χ0) is 19.4. The maximum atomic E-state index is 14.0. The van der Waals surface area contributed by atoms with Crippen LogP contribution < -0.4 is 10.8 Å². The Kier molecular flexibility index (Phi) is 4.14. The number of nitrogens with one attached hydrogen (secondary N) is 2. The Morgan fingerprint density at radius 1 is 1.07 bits per heavy atom. The van der Waals surface area contributed by atoms with Gasteiger partial charge < -0.3 is 5.32 Å². The second-order valence-electron chi connectivity index (χ2n) is 6.21. The van der Waals surface area contributed by atoms with Crippen LogP contribution in [0.25, 0.3) is 5.70 Å². The van der Waals surface area contributed by atoms with Crippen LogP contribution >= 0.6 is 23.2 Å². The zero-order valence-corrected chi connectivity index (χ0v) is 15.0. The molecule has 4 nitrogen and oxygen atoms in total. The van der Waals surface area contributed by atoms with Gasteiger partial charge in [-0.2, -0.15) is 13.2 Å². The number of carbonyl (C=O) groups excluding carboxylic acids is 1. The normalized spacial score (nSPS) is 21.5. The van der Waals surface area contributed by atoms with Gasteiger partial charge in [0, 0.05) is 33.3 Å². The van der Waals surface area contributed by atoms with Crippen molar-refractivity contribution in [2.75, 3.05) is 0 Å². The summed E-state index contributed by atoms with van der Waals surface area (Å²) in [5.41, 5.74) is 1.17. The van der Waals surface area contributed by atoms with Crippen LogP contribution in [0.5, 0.6) is 0 Å². The van der Waals surface area contributed by atoms with Crippen molar-refractivity contribution < 1.29 is 22.8 Å². The van der Waals surface area contributed by atoms with Crippen molar-refractivity contribution in [3.8, 4) is 0 Å². The average Bonchev–Trinajstić information content (AvgIpc) is 3.19. The van der Waals surface area contributed by atoms with Crippen molar-refractivity contribution in [1.82, 2.24) is 10.8 Å². The molecule has 0 aliphatic carbocycles. The summed E-state index contributed by atoms with van der Waals surface area (Å²) in [4.78, 5) is 16.7. The molecule has 4 rings (SSSR count). The Hall–Kier alpha value is -2.22. The lowest BCUT2D eigenvalue weighted by Crippen LogP contribution is -2.42. The quantitative estimate of drug-likeness (QED) is 0.756. The van der Waals surface area contributed by atoms with Crippen LogP contribution in [0.4, 0.5) is 13.2 Å². The summed E-state index contributed by atoms with van der Waals surface area (Å²) in [6.45, 7) is 0.324. The van der Waals surface area contributed by atoms with Gasteiger partial charge in [-0.1, -0.05) is 29.3 Å². The number of hydrogen-bond acceptors (Lipinski definition) is 3. The summed E-state index contributed by atoms with van der Waals surface area (Å²) in [6, 6.07) is 8.43. The minimum Gasteiger partial charge on any atom is -0.348 e.